The van der Waals surface area contributed by atoms with Crippen LogP contribution in [0.15, 0.2) is 18.2 Å². The van der Waals surface area contributed by atoms with E-state index in [1.165, 1.54) is 11.3 Å². The van der Waals surface area contributed by atoms with Crippen LogP contribution in [0.4, 0.5) is 10.8 Å². The van der Waals surface area contributed by atoms with Crippen LogP contribution in [0.2, 0.25) is 0 Å². The zero-order valence-corrected chi connectivity index (χ0v) is 12.1. The van der Waals surface area contributed by atoms with Crippen LogP contribution < -0.4 is 10.5 Å². The highest BCUT2D eigenvalue weighted by atomic mass is 32.2. The van der Waals surface area contributed by atoms with Gasteiger partial charge >= 0.3 is 0 Å². The summed E-state index contributed by atoms with van der Waals surface area (Å²) in [5.74, 6) is -0.0844. The van der Waals surface area contributed by atoms with Crippen molar-refractivity contribution < 1.29 is 13.2 Å². The SMILES string of the molecule is CCOCCS(=O)(=O)Nc1nc2ccc(N)cc2s1. The molecule has 0 saturated heterocycles. The second kappa shape index (κ2) is 5.72. The molecule has 104 valence electrons. The van der Waals surface area contributed by atoms with Gasteiger partial charge in [-0.25, -0.2) is 13.4 Å². The molecule has 1 heterocycles. The number of benzene rings is 1. The Hall–Kier alpha value is -1.38. The molecule has 8 heteroatoms. The number of nitrogens with one attached hydrogen (secondary N) is 1. The number of nitrogens with zero attached hydrogens (tertiary/aromatic N) is 1. The number of thiazole rings is 1. The smallest absolute Gasteiger partial charge is 0.236 e. The average molecular weight is 301 g/mol. The van der Waals surface area contributed by atoms with Crippen LogP contribution in [-0.4, -0.2) is 32.4 Å². The third-order valence-corrected chi connectivity index (χ3v) is 4.63. The molecule has 0 fully saturated rings. The maximum absolute atomic E-state index is 11.8. The van der Waals surface area contributed by atoms with Gasteiger partial charge in [0.05, 0.1) is 22.6 Å². The summed E-state index contributed by atoms with van der Waals surface area (Å²) >= 11 is 1.26. The van der Waals surface area contributed by atoms with Crippen LogP contribution >= 0.6 is 11.3 Å². The number of nitrogen functional groups attached to an aromatic ring is 1. The molecule has 0 radical (unpaired) electrons. The quantitative estimate of drug-likeness (QED) is 0.625. The molecule has 3 N–H and O–H groups in total. The lowest BCUT2D eigenvalue weighted by Gasteiger charge is -2.04. The van der Waals surface area contributed by atoms with Gasteiger partial charge in [0, 0.05) is 12.3 Å². The van der Waals surface area contributed by atoms with Gasteiger partial charge in [-0.3, -0.25) is 4.72 Å². The zero-order valence-electron chi connectivity index (χ0n) is 10.4. The van der Waals surface area contributed by atoms with Crippen LogP contribution in [0.3, 0.4) is 0 Å². The third kappa shape index (κ3) is 3.79. The summed E-state index contributed by atoms with van der Waals surface area (Å²) in [6, 6.07) is 5.26. The highest BCUT2D eigenvalue weighted by Gasteiger charge is 2.13. The molecule has 0 aliphatic heterocycles. The fraction of sp³-hybridized carbons (Fsp3) is 0.364. The Kier molecular flexibility index (Phi) is 4.23. The molecule has 1 aromatic carbocycles. The van der Waals surface area contributed by atoms with E-state index >= 15 is 0 Å². The van der Waals surface area contributed by atoms with Crippen LogP contribution in [0.5, 0.6) is 0 Å². The number of hydrogen-bond donors (Lipinski definition) is 2. The molecule has 0 spiro atoms. The van der Waals surface area contributed by atoms with Gasteiger partial charge in [-0.1, -0.05) is 11.3 Å². The van der Waals surface area contributed by atoms with Crippen molar-refractivity contribution in [3.63, 3.8) is 0 Å². The standard InChI is InChI=1S/C11H15N3O3S2/c1-2-17-5-6-19(15,16)14-11-13-9-4-3-8(12)7-10(9)18-11/h3-4,7H,2,5-6,12H2,1H3,(H,13,14). The summed E-state index contributed by atoms with van der Waals surface area (Å²) in [7, 11) is -3.42. The molecule has 19 heavy (non-hydrogen) atoms. The minimum absolute atomic E-state index is 0.0844. The Morgan fingerprint density at radius 3 is 3.00 bits per heavy atom. The molecule has 0 amide bonds. The molecule has 0 bridgehead atoms. The monoisotopic (exact) mass is 301 g/mol. The Balaban J connectivity index is 2.12. The molecule has 0 saturated carbocycles. The van der Waals surface area contributed by atoms with Gasteiger partial charge in [-0.05, 0) is 25.1 Å². The van der Waals surface area contributed by atoms with Gasteiger partial charge < -0.3 is 10.5 Å². The number of anilines is 2. The number of fused-ring (bicyclic) bond motifs is 1. The van der Waals surface area contributed by atoms with Gasteiger partial charge in [0.15, 0.2) is 5.13 Å². The fourth-order valence-electron chi connectivity index (χ4n) is 1.48. The van der Waals surface area contributed by atoms with E-state index in [-0.39, 0.29) is 12.4 Å². The van der Waals surface area contributed by atoms with Crippen molar-refractivity contribution in [2.45, 2.75) is 6.92 Å². The number of ether oxygens (including phenoxy) is 1. The van der Waals surface area contributed by atoms with Gasteiger partial charge in [0.1, 0.15) is 0 Å². The van der Waals surface area contributed by atoms with E-state index in [9.17, 15) is 8.42 Å². The number of hydrogen-bond acceptors (Lipinski definition) is 6. The average Bonchev–Trinajstić information content (AvgIpc) is 2.69. The van der Waals surface area contributed by atoms with Crippen molar-refractivity contribution in [2.75, 3.05) is 29.4 Å². The van der Waals surface area contributed by atoms with Crippen LogP contribution in [0.1, 0.15) is 6.92 Å². The van der Waals surface area contributed by atoms with Crippen molar-refractivity contribution in [3.05, 3.63) is 18.2 Å². The second-order valence-electron chi connectivity index (χ2n) is 3.86. The van der Waals surface area contributed by atoms with Crippen molar-refractivity contribution >= 4 is 42.4 Å². The normalized spacial score (nSPS) is 11.8. The van der Waals surface area contributed by atoms with Crippen molar-refractivity contribution in [1.82, 2.24) is 4.98 Å². The highest BCUT2D eigenvalue weighted by Crippen LogP contribution is 2.28. The van der Waals surface area contributed by atoms with Crippen LogP contribution in [0, 0.1) is 0 Å². The van der Waals surface area contributed by atoms with E-state index in [1.54, 1.807) is 18.2 Å². The lowest BCUT2D eigenvalue weighted by Crippen LogP contribution is -2.20. The van der Waals surface area contributed by atoms with E-state index in [0.717, 1.165) is 10.2 Å². The van der Waals surface area contributed by atoms with E-state index in [0.29, 0.717) is 17.4 Å². The van der Waals surface area contributed by atoms with Gasteiger partial charge in [0.2, 0.25) is 10.0 Å². The molecular formula is C11H15N3O3S2. The third-order valence-electron chi connectivity index (χ3n) is 2.36. The van der Waals surface area contributed by atoms with Crippen LogP contribution in [0.25, 0.3) is 10.2 Å². The summed E-state index contributed by atoms with van der Waals surface area (Å²) in [6.45, 7) is 2.48. The highest BCUT2D eigenvalue weighted by molar-refractivity contribution is 7.92. The molecule has 6 nitrogen and oxygen atoms in total. The van der Waals surface area contributed by atoms with Crippen molar-refractivity contribution in [1.29, 1.82) is 0 Å². The molecule has 0 unspecified atom stereocenters. The molecule has 1 aromatic heterocycles. The first-order chi connectivity index (χ1) is 9.00. The Morgan fingerprint density at radius 1 is 1.47 bits per heavy atom. The first-order valence-corrected chi connectivity index (χ1v) is 8.21. The largest absolute Gasteiger partial charge is 0.399 e. The number of rotatable bonds is 6. The summed E-state index contributed by atoms with van der Waals surface area (Å²) < 4.78 is 31.9. The molecule has 0 aliphatic rings. The van der Waals surface area contributed by atoms with E-state index < -0.39 is 10.0 Å². The maximum atomic E-state index is 11.8. The predicted molar refractivity (Wildman–Crippen MR) is 77.9 cm³/mol. The number of sulfonamides is 1. The lowest BCUT2D eigenvalue weighted by molar-refractivity contribution is 0.163. The lowest BCUT2D eigenvalue weighted by atomic mass is 10.3. The fourth-order valence-corrected chi connectivity index (χ4v) is 3.55. The summed E-state index contributed by atoms with van der Waals surface area (Å²) in [5, 5.41) is 0.345. The topological polar surface area (TPSA) is 94.3 Å². The Bertz CT molecular complexity index is 667. The number of aromatic nitrogens is 1. The molecular weight excluding hydrogens is 286 g/mol. The van der Waals surface area contributed by atoms with E-state index in [1.807, 2.05) is 6.92 Å². The van der Waals surface area contributed by atoms with Gasteiger partial charge in [-0.15, -0.1) is 0 Å². The molecule has 0 aliphatic carbocycles. The minimum Gasteiger partial charge on any atom is -0.399 e. The maximum Gasteiger partial charge on any atom is 0.236 e. The Morgan fingerprint density at radius 2 is 2.26 bits per heavy atom. The first kappa shape index (κ1) is 14.0. The predicted octanol–water partition coefficient (Wildman–Crippen LogP) is 1.66. The summed E-state index contributed by atoms with van der Waals surface area (Å²) in [6.07, 6.45) is 0. The summed E-state index contributed by atoms with van der Waals surface area (Å²) in [5.41, 5.74) is 7.02. The van der Waals surface area contributed by atoms with Crippen molar-refractivity contribution in [3.8, 4) is 0 Å². The van der Waals surface area contributed by atoms with Gasteiger partial charge in [0.25, 0.3) is 0 Å². The summed E-state index contributed by atoms with van der Waals surface area (Å²) in [4.78, 5) is 4.20. The molecule has 0 atom stereocenters. The number of nitrogens with two attached hydrogens (primary N) is 1. The van der Waals surface area contributed by atoms with Crippen LogP contribution in [-0.2, 0) is 14.8 Å². The minimum atomic E-state index is -3.42. The first-order valence-electron chi connectivity index (χ1n) is 5.74. The van der Waals surface area contributed by atoms with E-state index in [2.05, 4.69) is 9.71 Å². The van der Waals surface area contributed by atoms with E-state index in [4.69, 9.17) is 10.5 Å². The van der Waals surface area contributed by atoms with Crippen molar-refractivity contribution in [2.24, 2.45) is 0 Å². The zero-order chi connectivity index (χ0) is 13.9. The molecule has 2 aromatic rings. The molecule has 2 rings (SSSR count). The Labute approximate surface area is 115 Å². The second-order valence-corrected chi connectivity index (χ2v) is 6.74. The van der Waals surface area contributed by atoms with Gasteiger partial charge in [-0.2, -0.15) is 0 Å².